The first-order valence-corrected chi connectivity index (χ1v) is 9.97. The normalized spacial score (nSPS) is 11.8. The van der Waals surface area contributed by atoms with Crippen LogP contribution in [-0.4, -0.2) is 43.3 Å². The number of carbonyl (C=O) groups is 1. The highest BCUT2D eigenvalue weighted by Crippen LogP contribution is 2.13. The lowest BCUT2D eigenvalue weighted by Gasteiger charge is -2.13. The summed E-state index contributed by atoms with van der Waals surface area (Å²) in [6.45, 7) is 3.90. The van der Waals surface area contributed by atoms with E-state index in [4.69, 9.17) is 9.47 Å². The number of nitrogens with one attached hydrogen (secondary N) is 1. The molecule has 0 fully saturated rings. The first kappa shape index (κ1) is 21.9. The lowest BCUT2D eigenvalue weighted by Crippen LogP contribution is -2.33. The van der Waals surface area contributed by atoms with Gasteiger partial charge < -0.3 is 19.9 Å². The molecular weight excluding hydrogens is 354 g/mol. The number of hydrogen-bond donors (Lipinski definition) is 2. The molecule has 0 spiro atoms. The predicted molar refractivity (Wildman–Crippen MR) is 111 cm³/mol. The van der Waals surface area contributed by atoms with Crippen molar-refractivity contribution in [3.05, 3.63) is 60.2 Å². The van der Waals surface area contributed by atoms with Crippen LogP contribution in [-0.2, 0) is 11.2 Å². The van der Waals surface area contributed by atoms with Crippen LogP contribution in [0.4, 0.5) is 0 Å². The summed E-state index contributed by atoms with van der Waals surface area (Å²) in [7, 11) is 0. The number of unbranched alkanes of at least 4 members (excludes halogenated alkanes) is 1. The Bertz CT molecular complexity index is 673. The van der Waals surface area contributed by atoms with Crippen LogP contribution in [0.3, 0.4) is 0 Å². The Morgan fingerprint density at radius 1 is 1.04 bits per heavy atom. The van der Waals surface area contributed by atoms with E-state index in [0.29, 0.717) is 32.5 Å². The van der Waals surface area contributed by atoms with E-state index >= 15 is 0 Å². The van der Waals surface area contributed by atoms with E-state index in [0.717, 1.165) is 29.9 Å². The van der Waals surface area contributed by atoms with Gasteiger partial charge in [0.1, 0.15) is 36.6 Å². The van der Waals surface area contributed by atoms with E-state index in [1.165, 1.54) is 0 Å². The molecule has 0 radical (unpaired) electrons. The fourth-order valence-corrected chi connectivity index (χ4v) is 2.67. The number of Topliss-reactive ketones (excluding diaryl/α,β-unsaturated/α-hetero) is 1. The van der Waals surface area contributed by atoms with Gasteiger partial charge in [0.05, 0.1) is 0 Å². The van der Waals surface area contributed by atoms with Gasteiger partial charge in [0.25, 0.3) is 0 Å². The second-order valence-electron chi connectivity index (χ2n) is 6.79. The maximum atomic E-state index is 11.8. The van der Waals surface area contributed by atoms with Crippen LogP contribution in [0.1, 0.15) is 31.7 Å². The first-order chi connectivity index (χ1) is 13.7. The molecule has 0 saturated carbocycles. The number of ketones is 1. The zero-order chi connectivity index (χ0) is 20.0. The van der Waals surface area contributed by atoms with Gasteiger partial charge in [-0.05, 0) is 36.2 Å². The molecule has 0 aliphatic heterocycles. The zero-order valence-electron chi connectivity index (χ0n) is 16.6. The van der Waals surface area contributed by atoms with Gasteiger partial charge in [0.2, 0.25) is 0 Å². The van der Waals surface area contributed by atoms with Crippen LogP contribution in [0, 0.1) is 0 Å². The minimum Gasteiger partial charge on any atom is -0.492 e. The van der Waals surface area contributed by atoms with Crippen LogP contribution in [0.5, 0.6) is 11.5 Å². The molecule has 1 atom stereocenters. The average molecular weight is 386 g/mol. The van der Waals surface area contributed by atoms with E-state index in [1.807, 2.05) is 54.6 Å². The highest BCUT2D eigenvalue weighted by molar-refractivity contribution is 5.80. The summed E-state index contributed by atoms with van der Waals surface area (Å²) < 4.78 is 11.2. The number of para-hydroxylation sites is 1. The lowest BCUT2D eigenvalue weighted by atomic mass is 10.1. The molecule has 5 nitrogen and oxygen atoms in total. The number of benzene rings is 2. The standard InChI is InChI=1S/C23H31NO4/c1-2-3-7-20(25)16-19-10-12-23(13-11-19)27-15-14-24-17-21(26)18-28-22-8-5-4-6-9-22/h4-6,8-13,21,24,26H,2-3,7,14-18H2,1H3. The van der Waals surface area contributed by atoms with Crippen molar-refractivity contribution in [1.82, 2.24) is 5.32 Å². The summed E-state index contributed by atoms with van der Waals surface area (Å²) in [4.78, 5) is 11.8. The average Bonchev–Trinajstić information content (AvgIpc) is 2.72. The molecule has 2 N–H and O–H groups in total. The number of carbonyl (C=O) groups excluding carboxylic acids is 1. The van der Waals surface area contributed by atoms with Crippen molar-refractivity contribution in [3.8, 4) is 11.5 Å². The van der Waals surface area contributed by atoms with Crippen LogP contribution < -0.4 is 14.8 Å². The Morgan fingerprint density at radius 3 is 2.46 bits per heavy atom. The molecule has 1 unspecified atom stereocenters. The molecule has 0 aromatic heterocycles. The molecule has 2 aromatic rings. The zero-order valence-corrected chi connectivity index (χ0v) is 16.6. The number of aliphatic hydroxyl groups excluding tert-OH is 1. The van der Waals surface area contributed by atoms with Crippen molar-refractivity contribution in [2.75, 3.05) is 26.3 Å². The van der Waals surface area contributed by atoms with Crippen LogP contribution in [0.15, 0.2) is 54.6 Å². The fourth-order valence-electron chi connectivity index (χ4n) is 2.67. The van der Waals surface area contributed by atoms with Crippen molar-refractivity contribution in [3.63, 3.8) is 0 Å². The van der Waals surface area contributed by atoms with Gasteiger partial charge in [-0.1, -0.05) is 43.7 Å². The quantitative estimate of drug-likeness (QED) is 0.488. The van der Waals surface area contributed by atoms with Gasteiger partial charge >= 0.3 is 0 Å². The molecule has 0 amide bonds. The topological polar surface area (TPSA) is 67.8 Å². The predicted octanol–water partition coefficient (Wildman–Crippen LogP) is 3.40. The third kappa shape index (κ3) is 9.02. The molecular formula is C23H31NO4. The Kier molecular flexibility index (Phi) is 10.1. The maximum absolute atomic E-state index is 11.8. The highest BCUT2D eigenvalue weighted by atomic mass is 16.5. The number of aliphatic hydroxyl groups is 1. The molecule has 0 heterocycles. The molecule has 2 aromatic carbocycles. The third-order valence-electron chi connectivity index (χ3n) is 4.25. The number of rotatable bonds is 14. The van der Waals surface area contributed by atoms with Crippen molar-refractivity contribution >= 4 is 5.78 Å². The van der Waals surface area contributed by atoms with Gasteiger partial charge in [0, 0.05) is 25.9 Å². The largest absolute Gasteiger partial charge is 0.492 e. The second kappa shape index (κ2) is 12.9. The molecule has 0 saturated heterocycles. The second-order valence-corrected chi connectivity index (χ2v) is 6.79. The Balaban J connectivity index is 1.56. The van der Waals surface area contributed by atoms with E-state index < -0.39 is 6.10 Å². The summed E-state index contributed by atoms with van der Waals surface area (Å²) in [6.07, 6.45) is 2.57. The molecule has 2 rings (SSSR count). The highest BCUT2D eigenvalue weighted by Gasteiger charge is 2.05. The smallest absolute Gasteiger partial charge is 0.137 e. The summed E-state index contributed by atoms with van der Waals surface area (Å²) in [6, 6.07) is 17.1. The van der Waals surface area contributed by atoms with Crippen LogP contribution in [0.25, 0.3) is 0 Å². The van der Waals surface area contributed by atoms with Crippen molar-refractivity contribution < 1.29 is 19.4 Å². The Labute approximate surface area is 167 Å². The molecule has 0 aliphatic carbocycles. The fraction of sp³-hybridized carbons (Fsp3) is 0.435. The Hall–Kier alpha value is -2.37. The van der Waals surface area contributed by atoms with Gasteiger partial charge in [0.15, 0.2) is 0 Å². The van der Waals surface area contributed by atoms with E-state index in [2.05, 4.69) is 12.2 Å². The maximum Gasteiger partial charge on any atom is 0.137 e. The van der Waals surface area contributed by atoms with Gasteiger partial charge in [-0.15, -0.1) is 0 Å². The van der Waals surface area contributed by atoms with Crippen molar-refractivity contribution in [2.45, 2.75) is 38.7 Å². The van der Waals surface area contributed by atoms with Crippen LogP contribution in [0.2, 0.25) is 0 Å². The summed E-state index contributed by atoms with van der Waals surface area (Å²) in [5.41, 5.74) is 1.02. The van der Waals surface area contributed by atoms with Crippen LogP contribution >= 0.6 is 0 Å². The Morgan fingerprint density at radius 2 is 1.75 bits per heavy atom. The minimum absolute atomic E-state index is 0.246. The van der Waals surface area contributed by atoms with Gasteiger partial charge in [-0.25, -0.2) is 0 Å². The number of ether oxygens (including phenoxy) is 2. The van der Waals surface area contributed by atoms with E-state index in [-0.39, 0.29) is 12.4 Å². The molecule has 0 bridgehead atoms. The van der Waals surface area contributed by atoms with Gasteiger partial charge in [-0.2, -0.15) is 0 Å². The van der Waals surface area contributed by atoms with E-state index in [9.17, 15) is 9.90 Å². The monoisotopic (exact) mass is 385 g/mol. The SMILES string of the molecule is CCCCC(=O)Cc1ccc(OCCNCC(O)COc2ccccc2)cc1. The summed E-state index contributed by atoms with van der Waals surface area (Å²) in [5, 5.41) is 13.1. The summed E-state index contributed by atoms with van der Waals surface area (Å²) >= 11 is 0. The third-order valence-corrected chi connectivity index (χ3v) is 4.25. The molecule has 152 valence electrons. The summed E-state index contributed by atoms with van der Waals surface area (Å²) in [5.74, 6) is 1.81. The van der Waals surface area contributed by atoms with Gasteiger partial charge in [-0.3, -0.25) is 4.79 Å². The van der Waals surface area contributed by atoms with Crippen molar-refractivity contribution in [1.29, 1.82) is 0 Å². The van der Waals surface area contributed by atoms with E-state index in [1.54, 1.807) is 0 Å². The first-order valence-electron chi connectivity index (χ1n) is 9.97. The molecule has 5 heteroatoms. The molecule has 28 heavy (non-hydrogen) atoms. The van der Waals surface area contributed by atoms with Crippen molar-refractivity contribution in [2.24, 2.45) is 0 Å². The minimum atomic E-state index is -0.579. The lowest BCUT2D eigenvalue weighted by molar-refractivity contribution is -0.118. The number of hydrogen-bond acceptors (Lipinski definition) is 5. The molecule has 0 aliphatic rings.